The molecule has 0 aliphatic rings. The fourth-order valence-corrected chi connectivity index (χ4v) is 2.99. The van der Waals surface area contributed by atoms with Crippen LogP contribution in [0.2, 0.25) is 0 Å². The molecule has 0 aromatic heterocycles. The van der Waals surface area contributed by atoms with E-state index in [9.17, 15) is 43.2 Å². The quantitative estimate of drug-likeness (QED) is 0.0647. The van der Waals surface area contributed by atoms with E-state index in [4.69, 9.17) is 5.73 Å². The van der Waals surface area contributed by atoms with E-state index in [1.807, 2.05) is 0 Å². The van der Waals surface area contributed by atoms with E-state index >= 15 is 0 Å². The Morgan fingerprint density at radius 1 is 0.737 bits per heavy atom. The fraction of sp³-hybridized carbons (Fsp3) is 0.783. The van der Waals surface area contributed by atoms with Gasteiger partial charge in [-0.05, 0) is 25.7 Å². The molecule has 220 valence electrons. The highest BCUT2D eigenvalue weighted by molar-refractivity contribution is 5.84. The number of rotatable bonds is 21. The molecule has 0 heterocycles. The lowest BCUT2D eigenvalue weighted by molar-refractivity contribution is -0.166. The van der Waals surface area contributed by atoms with Gasteiger partial charge < -0.3 is 21.7 Å². The molecule has 0 bridgehead atoms. The molecule has 2 atom stereocenters. The van der Waals surface area contributed by atoms with Crippen molar-refractivity contribution in [2.24, 2.45) is 5.73 Å². The number of carbonyl (C=O) groups excluding carboxylic acids is 5. The number of unbranched alkanes of at least 4 members (excludes halogenated alkanes) is 2. The molecule has 0 aliphatic carbocycles. The monoisotopic (exact) mass is 552 g/mol. The zero-order valence-electron chi connectivity index (χ0n) is 21.9. The maximum absolute atomic E-state index is 14.0. The summed E-state index contributed by atoms with van der Waals surface area (Å²) in [5, 5.41) is 27.3. The number of amides is 5. The van der Waals surface area contributed by atoms with Crippen molar-refractivity contribution in [3.8, 4) is 0 Å². The second kappa shape index (κ2) is 21.1. The highest BCUT2D eigenvalue weighted by Crippen LogP contribution is 2.03. The first-order valence-corrected chi connectivity index (χ1v) is 12.7. The van der Waals surface area contributed by atoms with Gasteiger partial charge in [0, 0.05) is 71.8 Å². The summed E-state index contributed by atoms with van der Waals surface area (Å²) in [7, 11) is 0. The second-order valence-electron chi connectivity index (χ2n) is 8.73. The van der Waals surface area contributed by atoms with Crippen molar-refractivity contribution in [2.45, 2.75) is 77.1 Å². The van der Waals surface area contributed by atoms with Crippen LogP contribution in [-0.2, 0) is 24.0 Å². The van der Waals surface area contributed by atoms with Crippen molar-refractivity contribution in [3.05, 3.63) is 0 Å². The number of alkyl halides is 2. The van der Waals surface area contributed by atoms with Crippen molar-refractivity contribution in [3.63, 3.8) is 0 Å². The Morgan fingerprint density at radius 2 is 1.32 bits per heavy atom. The van der Waals surface area contributed by atoms with Gasteiger partial charge >= 0.3 is 0 Å². The maximum atomic E-state index is 14.0. The number of carbonyl (C=O) groups is 5. The molecule has 0 saturated carbocycles. The summed E-state index contributed by atoms with van der Waals surface area (Å²) >= 11 is 0. The fourth-order valence-electron chi connectivity index (χ4n) is 2.99. The third kappa shape index (κ3) is 19.2. The number of halogens is 2. The molecule has 0 aromatic carbocycles. The Hall–Kier alpha value is -2.91. The molecular weight excluding hydrogens is 510 g/mol. The van der Waals surface area contributed by atoms with Gasteiger partial charge in [-0.15, -0.1) is 0 Å². The molecule has 38 heavy (non-hydrogen) atoms. The van der Waals surface area contributed by atoms with Crippen LogP contribution in [0.3, 0.4) is 0 Å². The Bertz CT molecular complexity index is 747. The number of nitrogens with two attached hydrogens (primary N) is 1. The van der Waals surface area contributed by atoms with Crippen molar-refractivity contribution in [1.29, 1.82) is 0 Å². The lowest BCUT2D eigenvalue weighted by Crippen LogP contribution is -2.35. The number of nitrogens with one attached hydrogen (secondary N) is 3. The van der Waals surface area contributed by atoms with Crippen molar-refractivity contribution < 1.29 is 43.2 Å². The lowest BCUT2D eigenvalue weighted by Gasteiger charge is -2.17. The molecule has 7 N–H and O–H groups in total. The van der Waals surface area contributed by atoms with Gasteiger partial charge in [-0.3, -0.25) is 34.4 Å². The highest BCUT2D eigenvalue weighted by Gasteiger charge is 2.17. The Morgan fingerprint density at radius 3 is 1.92 bits per heavy atom. The Balaban J connectivity index is 3.89. The van der Waals surface area contributed by atoms with Crippen LogP contribution in [0.1, 0.15) is 64.7 Å². The number of hydrogen-bond donors (Lipinski definition) is 6. The highest BCUT2D eigenvalue weighted by atomic mass is 19.1. The minimum atomic E-state index is -1.55. The summed E-state index contributed by atoms with van der Waals surface area (Å²) in [5.41, 5.74) is 5.13. The average molecular weight is 553 g/mol. The van der Waals surface area contributed by atoms with E-state index in [2.05, 4.69) is 16.0 Å². The van der Waals surface area contributed by atoms with Gasteiger partial charge in [-0.25, -0.2) is 18.9 Å². The predicted molar refractivity (Wildman–Crippen MR) is 132 cm³/mol. The first-order chi connectivity index (χ1) is 18.0. The normalized spacial score (nSPS) is 12.3. The van der Waals surface area contributed by atoms with E-state index < -0.39 is 36.0 Å². The molecule has 0 radical (unpaired) electrons. The standard InChI is InChI=1S/C23H42F2N6O7/c1-17(32)30(37)13-4-2-3-11-27-21(34)7-8-23(36)31(38)14-10-19(25)16-29-22(35)6-5-20(33)28-12-9-18(24)15-26/h18-19,37-38H,2-16,26H2,1H3,(H,27,34)(H,28,33)(H,29,35). The van der Waals surface area contributed by atoms with Gasteiger partial charge in [-0.1, -0.05) is 0 Å². The summed E-state index contributed by atoms with van der Waals surface area (Å²) in [6.45, 7) is 1.07. The largest absolute Gasteiger partial charge is 0.356 e. The molecule has 0 saturated heterocycles. The van der Waals surface area contributed by atoms with Crippen LogP contribution in [0.4, 0.5) is 8.78 Å². The summed E-state index contributed by atoms with van der Waals surface area (Å²) in [4.78, 5) is 57.9. The molecule has 0 aromatic rings. The van der Waals surface area contributed by atoms with Crippen LogP contribution in [0.25, 0.3) is 0 Å². The minimum Gasteiger partial charge on any atom is -0.356 e. The number of nitrogens with zero attached hydrogens (tertiary/aromatic N) is 2. The molecule has 0 spiro atoms. The zero-order valence-corrected chi connectivity index (χ0v) is 21.9. The van der Waals surface area contributed by atoms with Gasteiger partial charge in [0.05, 0.1) is 6.54 Å². The molecule has 13 nitrogen and oxygen atoms in total. The van der Waals surface area contributed by atoms with Crippen LogP contribution >= 0.6 is 0 Å². The molecule has 15 heteroatoms. The van der Waals surface area contributed by atoms with E-state index in [1.54, 1.807) is 0 Å². The van der Waals surface area contributed by atoms with Crippen LogP contribution in [0.5, 0.6) is 0 Å². The first-order valence-electron chi connectivity index (χ1n) is 12.7. The van der Waals surface area contributed by atoms with Gasteiger partial charge in [0.1, 0.15) is 12.3 Å². The molecule has 0 rings (SSSR count). The second-order valence-corrected chi connectivity index (χ2v) is 8.73. The van der Waals surface area contributed by atoms with Crippen LogP contribution in [0.15, 0.2) is 0 Å². The number of hydrogen-bond acceptors (Lipinski definition) is 8. The summed E-state index contributed by atoms with van der Waals surface area (Å²) in [5.74, 6) is -2.58. The van der Waals surface area contributed by atoms with Crippen molar-refractivity contribution in [1.82, 2.24) is 26.1 Å². The van der Waals surface area contributed by atoms with E-state index in [-0.39, 0.29) is 77.2 Å². The topological polar surface area (TPSA) is 194 Å². The van der Waals surface area contributed by atoms with Gasteiger partial charge in [0.2, 0.25) is 29.5 Å². The lowest BCUT2D eigenvalue weighted by atomic mass is 10.2. The van der Waals surface area contributed by atoms with E-state index in [0.29, 0.717) is 35.9 Å². The summed E-state index contributed by atoms with van der Waals surface area (Å²) in [6.07, 6.45) is -1.83. The van der Waals surface area contributed by atoms with Crippen LogP contribution in [0, 0.1) is 0 Å². The predicted octanol–water partition coefficient (Wildman–Crippen LogP) is -0.0637. The average Bonchev–Trinajstić information content (AvgIpc) is 2.89. The minimum absolute atomic E-state index is 0.0756. The zero-order chi connectivity index (χ0) is 28.9. The smallest absolute Gasteiger partial charge is 0.246 e. The van der Waals surface area contributed by atoms with Gasteiger partial charge in [0.15, 0.2) is 0 Å². The van der Waals surface area contributed by atoms with Crippen molar-refractivity contribution in [2.75, 3.05) is 39.3 Å². The Kier molecular flexibility index (Phi) is 19.5. The summed E-state index contributed by atoms with van der Waals surface area (Å²) < 4.78 is 27.0. The molecule has 0 fully saturated rings. The Labute approximate surface area is 221 Å². The molecule has 0 aliphatic heterocycles. The van der Waals surface area contributed by atoms with Gasteiger partial charge in [-0.2, -0.15) is 0 Å². The van der Waals surface area contributed by atoms with Crippen LogP contribution in [-0.4, -0.2) is 102 Å². The van der Waals surface area contributed by atoms with Gasteiger partial charge in [0.25, 0.3) is 0 Å². The SMILES string of the molecule is CC(=O)N(O)CCCCCNC(=O)CCC(=O)N(O)CCC(F)CNC(=O)CCC(=O)NCCC(F)CN. The third-order valence-corrected chi connectivity index (χ3v) is 5.38. The molecule has 2 unspecified atom stereocenters. The maximum Gasteiger partial charge on any atom is 0.246 e. The van der Waals surface area contributed by atoms with Crippen LogP contribution < -0.4 is 21.7 Å². The molecule has 5 amide bonds. The van der Waals surface area contributed by atoms with E-state index in [1.165, 1.54) is 6.92 Å². The van der Waals surface area contributed by atoms with E-state index in [0.717, 1.165) is 0 Å². The summed E-state index contributed by atoms with van der Waals surface area (Å²) in [6, 6.07) is 0. The first kappa shape index (κ1) is 35.1. The molecular formula is C23H42F2N6O7. The third-order valence-electron chi connectivity index (χ3n) is 5.38. The van der Waals surface area contributed by atoms with Crippen molar-refractivity contribution >= 4 is 29.5 Å². The number of hydroxylamine groups is 4.